The molecule has 0 atom stereocenters. The first-order chi connectivity index (χ1) is 14.6. The largest absolute Gasteiger partial charge is 0.363 e. The van der Waals surface area contributed by atoms with Crippen LogP contribution in [0, 0.1) is 13.8 Å². The fourth-order valence-corrected chi connectivity index (χ4v) is 4.42. The zero-order chi connectivity index (χ0) is 21.9. The maximum absolute atomic E-state index is 4.83. The number of thiophene rings is 1. The van der Waals surface area contributed by atoms with Crippen molar-refractivity contribution >= 4 is 28.0 Å². The number of aromatic nitrogens is 2. The molecule has 3 heterocycles. The predicted octanol–water partition coefficient (Wildman–Crippen LogP) is 7.61. The number of rotatable bonds is 9. The quantitative estimate of drug-likeness (QED) is 0.384. The molecule has 30 heavy (non-hydrogen) atoms. The minimum absolute atomic E-state index is 0.819. The lowest BCUT2D eigenvalue weighted by Gasteiger charge is -2.23. The highest BCUT2D eigenvalue weighted by molar-refractivity contribution is 7.19. The lowest BCUT2D eigenvalue weighted by atomic mass is 10.2. The molecule has 0 bridgehead atoms. The van der Waals surface area contributed by atoms with Gasteiger partial charge in [-0.25, -0.2) is 9.97 Å². The molecule has 0 fully saturated rings. The van der Waals surface area contributed by atoms with Gasteiger partial charge in [0.2, 0.25) is 0 Å². The van der Waals surface area contributed by atoms with Crippen molar-refractivity contribution in [3.05, 3.63) is 53.7 Å². The first kappa shape index (κ1) is 23.9. The molecule has 0 spiro atoms. The van der Waals surface area contributed by atoms with Crippen LogP contribution in [0.1, 0.15) is 58.1 Å². The second-order valence-electron chi connectivity index (χ2n) is 7.19. The lowest BCUT2D eigenvalue weighted by molar-refractivity contribution is 0.707. The Morgan fingerprint density at radius 3 is 2.47 bits per heavy atom. The highest BCUT2D eigenvalue weighted by Crippen LogP contribution is 2.37. The monoisotopic (exact) mass is 424 g/mol. The van der Waals surface area contributed by atoms with Crippen LogP contribution in [-0.2, 0) is 0 Å². The van der Waals surface area contributed by atoms with Gasteiger partial charge in [-0.05, 0) is 68.1 Å². The number of nitrogens with one attached hydrogen (secondary N) is 1. The molecule has 1 N–H and O–H groups in total. The van der Waals surface area contributed by atoms with Gasteiger partial charge in [0.05, 0.1) is 15.6 Å². The molecule has 162 valence electrons. The molecule has 4 nitrogen and oxygen atoms in total. The van der Waals surface area contributed by atoms with Gasteiger partial charge in [0.15, 0.2) is 0 Å². The van der Waals surface area contributed by atoms with Crippen molar-refractivity contribution < 1.29 is 0 Å². The molecular formula is C25H36N4S. The van der Waals surface area contributed by atoms with Crippen molar-refractivity contribution in [3.8, 4) is 10.6 Å². The Hall–Kier alpha value is -2.40. The van der Waals surface area contributed by atoms with E-state index < -0.39 is 0 Å². The van der Waals surface area contributed by atoms with Crippen LogP contribution < -0.4 is 10.2 Å². The number of hydrogen-bond donors (Lipinski definition) is 1. The number of aryl methyl sites for hydroxylation is 2. The van der Waals surface area contributed by atoms with Gasteiger partial charge >= 0.3 is 0 Å². The maximum atomic E-state index is 4.83. The van der Waals surface area contributed by atoms with Crippen LogP contribution in [0.4, 0.5) is 16.6 Å². The number of unbranched alkanes of at least 4 members (excludes halogenated alkanes) is 1. The number of pyridine rings is 2. The van der Waals surface area contributed by atoms with E-state index in [2.05, 4.69) is 61.1 Å². The topological polar surface area (TPSA) is 41.0 Å². The van der Waals surface area contributed by atoms with Crippen LogP contribution in [-0.4, -0.2) is 23.1 Å². The molecule has 3 aromatic rings. The second kappa shape index (κ2) is 12.3. The van der Waals surface area contributed by atoms with E-state index in [-0.39, 0.29) is 0 Å². The Kier molecular flexibility index (Phi) is 9.81. The van der Waals surface area contributed by atoms with Crippen LogP contribution in [0.25, 0.3) is 10.6 Å². The van der Waals surface area contributed by atoms with E-state index in [1.54, 1.807) is 0 Å². The number of anilines is 3. The standard InChI is InChI=1S/C23H30N4S.C2H6/c1-5-7-14-27(13-6-2)23-18(4)16-20(28-23)19-9-8-10-21(25-19)26-22-15-17(3)11-12-24-22;1-2/h8-12,15-16H,5-7,13-14H2,1-4H3,(H,24,25,26);1-2H3. The summed E-state index contributed by atoms with van der Waals surface area (Å²) in [5.41, 5.74) is 3.52. The van der Waals surface area contributed by atoms with Gasteiger partial charge in [-0.1, -0.05) is 40.2 Å². The Morgan fingerprint density at radius 2 is 1.77 bits per heavy atom. The molecule has 0 aliphatic heterocycles. The molecule has 0 amide bonds. The molecule has 3 rings (SSSR count). The summed E-state index contributed by atoms with van der Waals surface area (Å²) in [6, 6.07) is 12.4. The first-order valence-corrected chi connectivity index (χ1v) is 11.9. The Bertz CT molecular complexity index is 904. The van der Waals surface area contributed by atoms with Crippen LogP contribution in [0.5, 0.6) is 0 Å². The van der Waals surface area contributed by atoms with Crippen LogP contribution in [0.15, 0.2) is 42.6 Å². The summed E-state index contributed by atoms with van der Waals surface area (Å²) in [7, 11) is 0. The van der Waals surface area contributed by atoms with Crippen molar-refractivity contribution in [2.24, 2.45) is 0 Å². The van der Waals surface area contributed by atoms with Crippen molar-refractivity contribution in [3.63, 3.8) is 0 Å². The van der Waals surface area contributed by atoms with E-state index in [1.165, 1.54) is 33.8 Å². The molecule has 5 heteroatoms. The average molecular weight is 425 g/mol. The average Bonchev–Trinajstić information content (AvgIpc) is 3.14. The minimum atomic E-state index is 0.819. The zero-order valence-electron chi connectivity index (χ0n) is 19.3. The molecule has 0 saturated carbocycles. The van der Waals surface area contributed by atoms with Gasteiger partial charge in [0.1, 0.15) is 11.6 Å². The summed E-state index contributed by atoms with van der Waals surface area (Å²) in [6.07, 6.45) is 5.43. The van der Waals surface area contributed by atoms with E-state index in [1.807, 2.05) is 49.6 Å². The molecular weight excluding hydrogens is 388 g/mol. The molecule has 0 unspecified atom stereocenters. The van der Waals surface area contributed by atoms with Gasteiger partial charge in [0, 0.05) is 19.3 Å². The second-order valence-corrected chi connectivity index (χ2v) is 8.22. The molecule has 0 radical (unpaired) electrons. The van der Waals surface area contributed by atoms with Crippen LogP contribution in [0.3, 0.4) is 0 Å². The van der Waals surface area contributed by atoms with Gasteiger partial charge in [-0.3, -0.25) is 0 Å². The third-order valence-corrected chi connectivity index (χ3v) is 5.95. The lowest BCUT2D eigenvalue weighted by Crippen LogP contribution is -2.24. The van der Waals surface area contributed by atoms with Crippen molar-refractivity contribution in [2.45, 2.75) is 60.8 Å². The summed E-state index contributed by atoms with van der Waals surface area (Å²) in [6.45, 7) is 15.0. The van der Waals surface area contributed by atoms with Crippen LogP contribution in [0.2, 0.25) is 0 Å². The summed E-state index contributed by atoms with van der Waals surface area (Å²) < 4.78 is 0. The smallest absolute Gasteiger partial charge is 0.132 e. The number of nitrogens with zero attached hydrogens (tertiary/aromatic N) is 3. The van der Waals surface area contributed by atoms with Gasteiger partial charge in [-0.2, -0.15) is 0 Å². The maximum Gasteiger partial charge on any atom is 0.132 e. The summed E-state index contributed by atoms with van der Waals surface area (Å²) in [4.78, 5) is 13.0. The Balaban J connectivity index is 0.00000155. The van der Waals surface area contributed by atoms with Crippen molar-refractivity contribution in [2.75, 3.05) is 23.3 Å². The van der Waals surface area contributed by atoms with E-state index in [4.69, 9.17) is 4.98 Å². The fourth-order valence-electron chi connectivity index (χ4n) is 3.22. The zero-order valence-corrected chi connectivity index (χ0v) is 20.1. The first-order valence-electron chi connectivity index (χ1n) is 11.1. The van der Waals surface area contributed by atoms with Gasteiger partial charge in [-0.15, -0.1) is 11.3 Å². The fraction of sp³-hybridized carbons (Fsp3) is 0.440. The van der Waals surface area contributed by atoms with Gasteiger partial charge in [0.25, 0.3) is 0 Å². The molecule has 0 aliphatic carbocycles. The van der Waals surface area contributed by atoms with E-state index in [0.29, 0.717) is 0 Å². The van der Waals surface area contributed by atoms with E-state index in [9.17, 15) is 0 Å². The third kappa shape index (κ3) is 6.56. The Labute approximate surface area is 186 Å². The minimum Gasteiger partial charge on any atom is -0.363 e. The highest BCUT2D eigenvalue weighted by atomic mass is 32.1. The van der Waals surface area contributed by atoms with E-state index >= 15 is 0 Å². The van der Waals surface area contributed by atoms with Crippen molar-refractivity contribution in [1.82, 2.24) is 9.97 Å². The normalized spacial score (nSPS) is 10.3. The van der Waals surface area contributed by atoms with Crippen LogP contribution >= 0.6 is 11.3 Å². The molecule has 0 aromatic carbocycles. The summed E-state index contributed by atoms with van der Waals surface area (Å²) in [5, 5.41) is 4.70. The highest BCUT2D eigenvalue weighted by Gasteiger charge is 2.14. The van der Waals surface area contributed by atoms with Crippen molar-refractivity contribution in [1.29, 1.82) is 0 Å². The van der Waals surface area contributed by atoms with E-state index in [0.717, 1.165) is 36.8 Å². The predicted molar refractivity (Wildman–Crippen MR) is 133 cm³/mol. The Morgan fingerprint density at radius 1 is 0.967 bits per heavy atom. The number of hydrogen-bond acceptors (Lipinski definition) is 5. The molecule has 3 aromatic heterocycles. The molecule has 0 aliphatic rings. The summed E-state index contributed by atoms with van der Waals surface area (Å²) in [5.74, 6) is 1.64. The molecule has 0 saturated heterocycles. The summed E-state index contributed by atoms with van der Waals surface area (Å²) >= 11 is 1.85. The van der Waals surface area contributed by atoms with Gasteiger partial charge < -0.3 is 10.2 Å². The third-order valence-electron chi connectivity index (χ3n) is 4.63. The SMILES string of the molecule is CC.CCCCN(CCC)c1sc(-c2cccc(Nc3cc(C)ccn3)n2)cc1C.